The van der Waals surface area contributed by atoms with Gasteiger partial charge < -0.3 is 9.84 Å². The molecule has 0 aliphatic heterocycles. The summed E-state index contributed by atoms with van der Waals surface area (Å²) in [5.41, 5.74) is 2.64. The van der Waals surface area contributed by atoms with Gasteiger partial charge in [0.2, 0.25) is 0 Å². The van der Waals surface area contributed by atoms with E-state index in [-0.39, 0.29) is 22.9 Å². The third-order valence-electron chi connectivity index (χ3n) is 6.38. The Morgan fingerprint density at radius 2 is 1.97 bits per heavy atom. The van der Waals surface area contributed by atoms with Crippen LogP contribution in [0.2, 0.25) is 5.02 Å². The average Bonchev–Trinajstić information content (AvgIpc) is 3.64. The van der Waals surface area contributed by atoms with Gasteiger partial charge in [-0.1, -0.05) is 17.7 Å². The first-order valence-corrected chi connectivity index (χ1v) is 12.4. The highest BCUT2D eigenvalue weighted by atomic mass is 35.5. The second-order valence-electron chi connectivity index (χ2n) is 8.75. The molecule has 0 atom stereocenters. The first kappa shape index (κ1) is 22.0. The number of ether oxygens (including phenoxy) is 1. The van der Waals surface area contributed by atoms with Crippen LogP contribution in [0.25, 0.3) is 31.7 Å². The number of phenolic OH excluding ortho intramolecular Hbond substituents is 1. The fourth-order valence-corrected chi connectivity index (χ4v) is 5.75. The summed E-state index contributed by atoms with van der Waals surface area (Å²) < 4.78 is 7.71. The van der Waals surface area contributed by atoms with E-state index in [2.05, 4.69) is 9.97 Å². The van der Waals surface area contributed by atoms with E-state index in [0.717, 1.165) is 35.3 Å². The third-order valence-corrected chi connectivity index (χ3v) is 7.79. The molecule has 1 aliphatic rings. The van der Waals surface area contributed by atoms with Crippen LogP contribution in [-0.2, 0) is 6.54 Å². The molecule has 0 unspecified atom stereocenters. The van der Waals surface area contributed by atoms with Crippen LogP contribution in [0.1, 0.15) is 35.7 Å². The molecule has 0 spiro atoms. The van der Waals surface area contributed by atoms with E-state index in [9.17, 15) is 9.90 Å². The standard InChI is InChI=1S/C26H21ClN4O3S/c1-13-28-10-14(11-29-13)12-31-24(17-6-5-16(34-2)9-19(17)15-3-4-15)30-25-21(26(31)33)18-7-8-20(27)22(32)23(18)35-25/h5-11,15,32H,3-4,12H2,1-2H3. The molecule has 3 aromatic heterocycles. The average molecular weight is 505 g/mol. The Hall–Kier alpha value is -3.49. The van der Waals surface area contributed by atoms with Crippen LogP contribution in [0.4, 0.5) is 0 Å². The van der Waals surface area contributed by atoms with Gasteiger partial charge >= 0.3 is 0 Å². The summed E-state index contributed by atoms with van der Waals surface area (Å²) in [6, 6.07) is 9.28. The number of aromatic nitrogens is 4. The van der Waals surface area contributed by atoms with Crippen molar-refractivity contribution >= 4 is 43.2 Å². The quantitative estimate of drug-likeness (QED) is 0.331. The lowest BCUT2D eigenvalue weighted by Crippen LogP contribution is -2.24. The lowest BCUT2D eigenvalue weighted by Gasteiger charge is -2.16. The van der Waals surface area contributed by atoms with Crippen LogP contribution in [0.5, 0.6) is 11.5 Å². The molecule has 7 nitrogen and oxygen atoms in total. The van der Waals surface area contributed by atoms with Crippen LogP contribution < -0.4 is 10.3 Å². The van der Waals surface area contributed by atoms with Crippen molar-refractivity contribution in [1.82, 2.24) is 19.5 Å². The van der Waals surface area contributed by atoms with Gasteiger partial charge in [-0.25, -0.2) is 15.0 Å². The van der Waals surface area contributed by atoms with Gasteiger partial charge in [-0.2, -0.15) is 0 Å². The number of methoxy groups -OCH3 is 1. The normalized spacial score (nSPS) is 13.6. The van der Waals surface area contributed by atoms with Gasteiger partial charge in [0.15, 0.2) is 5.75 Å². The number of aryl methyl sites for hydroxylation is 1. The van der Waals surface area contributed by atoms with E-state index in [1.165, 1.54) is 11.3 Å². The number of thiophene rings is 1. The third kappa shape index (κ3) is 3.73. The molecule has 176 valence electrons. The van der Waals surface area contributed by atoms with Gasteiger partial charge in [-0.05, 0) is 55.5 Å². The number of hydrogen-bond donors (Lipinski definition) is 1. The molecule has 1 saturated carbocycles. The zero-order valence-electron chi connectivity index (χ0n) is 19.1. The Balaban J connectivity index is 1.66. The minimum atomic E-state index is -0.184. The molecule has 0 bridgehead atoms. The number of rotatable bonds is 5. The molecule has 0 amide bonds. The molecule has 1 fully saturated rings. The molecule has 3 heterocycles. The number of phenols is 1. The van der Waals surface area contributed by atoms with Gasteiger partial charge in [0.25, 0.3) is 5.56 Å². The molecule has 2 aromatic carbocycles. The predicted octanol–water partition coefficient (Wildman–Crippen LogP) is 5.67. The predicted molar refractivity (Wildman–Crippen MR) is 138 cm³/mol. The molecule has 6 rings (SSSR count). The monoisotopic (exact) mass is 504 g/mol. The Morgan fingerprint density at radius 3 is 2.69 bits per heavy atom. The van der Waals surface area contributed by atoms with Crippen LogP contribution in [0, 0.1) is 6.92 Å². The Morgan fingerprint density at radius 1 is 1.20 bits per heavy atom. The summed E-state index contributed by atoms with van der Waals surface area (Å²) in [5, 5.41) is 11.9. The number of aromatic hydroxyl groups is 1. The van der Waals surface area contributed by atoms with Crippen LogP contribution in [0.15, 0.2) is 47.5 Å². The van der Waals surface area contributed by atoms with E-state index in [1.807, 2.05) is 25.1 Å². The van der Waals surface area contributed by atoms with Crippen molar-refractivity contribution in [2.75, 3.05) is 7.11 Å². The molecular formula is C26H21ClN4O3S. The molecule has 0 radical (unpaired) electrons. The summed E-state index contributed by atoms with van der Waals surface area (Å²) in [6.45, 7) is 2.09. The van der Waals surface area contributed by atoms with Crippen molar-refractivity contribution in [3.05, 3.63) is 75.1 Å². The van der Waals surface area contributed by atoms with Gasteiger partial charge in [-0.15, -0.1) is 11.3 Å². The number of hydrogen-bond acceptors (Lipinski definition) is 7. The number of nitrogens with zero attached hydrogens (tertiary/aromatic N) is 4. The van der Waals surface area contributed by atoms with Crippen molar-refractivity contribution in [2.45, 2.75) is 32.2 Å². The zero-order chi connectivity index (χ0) is 24.3. The van der Waals surface area contributed by atoms with Gasteiger partial charge in [0.1, 0.15) is 22.2 Å². The van der Waals surface area contributed by atoms with Crippen molar-refractivity contribution in [1.29, 1.82) is 0 Å². The van der Waals surface area contributed by atoms with Crippen molar-refractivity contribution in [2.24, 2.45) is 0 Å². The smallest absolute Gasteiger partial charge is 0.263 e. The summed E-state index contributed by atoms with van der Waals surface area (Å²) in [4.78, 5) is 28.2. The number of benzene rings is 2. The highest BCUT2D eigenvalue weighted by Gasteiger charge is 2.29. The minimum Gasteiger partial charge on any atom is -0.505 e. The minimum absolute atomic E-state index is 0.0327. The lowest BCUT2D eigenvalue weighted by atomic mass is 10.0. The zero-order valence-corrected chi connectivity index (χ0v) is 20.7. The highest BCUT2D eigenvalue weighted by molar-refractivity contribution is 7.25. The topological polar surface area (TPSA) is 90.1 Å². The molecule has 1 aliphatic carbocycles. The highest BCUT2D eigenvalue weighted by Crippen LogP contribution is 2.46. The maximum absolute atomic E-state index is 14.0. The summed E-state index contributed by atoms with van der Waals surface area (Å²) in [6.07, 6.45) is 5.65. The van der Waals surface area contributed by atoms with Crippen LogP contribution in [0.3, 0.4) is 0 Å². The number of halogens is 1. The van der Waals surface area contributed by atoms with E-state index in [0.29, 0.717) is 37.9 Å². The van der Waals surface area contributed by atoms with E-state index in [1.54, 1.807) is 36.2 Å². The maximum atomic E-state index is 14.0. The van der Waals surface area contributed by atoms with Crippen LogP contribution in [-0.4, -0.2) is 31.7 Å². The summed E-state index contributed by atoms with van der Waals surface area (Å²) in [5.74, 6) is 2.39. The largest absolute Gasteiger partial charge is 0.505 e. The molecule has 35 heavy (non-hydrogen) atoms. The fraction of sp³-hybridized carbons (Fsp3) is 0.231. The van der Waals surface area contributed by atoms with Crippen molar-refractivity contribution in [3.63, 3.8) is 0 Å². The van der Waals surface area contributed by atoms with Gasteiger partial charge in [0.05, 0.1) is 28.8 Å². The van der Waals surface area contributed by atoms with Gasteiger partial charge in [-0.3, -0.25) is 9.36 Å². The SMILES string of the molecule is COc1ccc(-c2nc3sc4c(O)c(Cl)ccc4c3c(=O)n2Cc2cnc(C)nc2)c(C2CC2)c1. The van der Waals surface area contributed by atoms with Crippen LogP contribution >= 0.6 is 22.9 Å². The second-order valence-corrected chi connectivity index (χ2v) is 10.2. The molecule has 5 aromatic rings. The first-order chi connectivity index (χ1) is 16.9. The van der Waals surface area contributed by atoms with E-state index >= 15 is 0 Å². The second kappa shape index (κ2) is 8.32. The summed E-state index contributed by atoms with van der Waals surface area (Å²) >= 11 is 7.42. The lowest BCUT2D eigenvalue weighted by molar-refractivity contribution is 0.414. The Bertz CT molecular complexity index is 1670. The Kier molecular flexibility index (Phi) is 5.23. The van der Waals surface area contributed by atoms with E-state index in [4.69, 9.17) is 21.3 Å². The fourth-order valence-electron chi connectivity index (χ4n) is 4.42. The Labute approximate surface area is 209 Å². The molecular weight excluding hydrogens is 484 g/mol. The van der Waals surface area contributed by atoms with Crippen molar-refractivity contribution in [3.8, 4) is 22.9 Å². The van der Waals surface area contributed by atoms with E-state index < -0.39 is 0 Å². The van der Waals surface area contributed by atoms with Crippen molar-refractivity contribution < 1.29 is 9.84 Å². The number of fused-ring (bicyclic) bond motifs is 3. The molecule has 1 N–H and O–H groups in total. The van der Waals surface area contributed by atoms with Gasteiger partial charge in [0, 0.05) is 28.9 Å². The first-order valence-electron chi connectivity index (χ1n) is 11.2. The molecule has 0 saturated heterocycles. The summed E-state index contributed by atoms with van der Waals surface area (Å²) in [7, 11) is 1.65. The maximum Gasteiger partial charge on any atom is 0.263 e. The molecule has 9 heteroatoms.